The Hall–Kier alpha value is -5.26. The summed E-state index contributed by atoms with van der Waals surface area (Å²) in [5, 5.41) is 11.9. The third-order valence-corrected chi connectivity index (χ3v) is 6.80. The summed E-state index contributed by atoms with van der Waals surface area (Å²) in [5.74, 6) is -4.61. The fraction of sp³-hybridized carbons (Fsp3) is 0.129. The zero-order chi connectivity index (χ0) is 31.1. The van der Waals surface area contributed by atoms with E-state index in [1.54, 1.807) is 6.92 Å². The number of alkyl halides is 3. The summed E-state index contributed by atoms with van der Waals surface area (Å²) in [6.45, 7) is 1.25. The molecule has 12 heteroatoms. The molecule has 0 saturated carbocycles. The molecule has 43 heavy (non-hydrogen) atoms. The van der Waals surface area contributed by atoms with Gasteiger partial charge in [0.2, 0.25) is 0 Å². The Labute approximate surface area is 239 Å². The number of aromatic carboxylic acids is 1. The molecule has 7 nitrogen and oxygen atoms in total. The summed E-state index contributed by atoms with van der Waals surface area (Å²) in [4.78, 5) is 37.8. The van der Waals surface area contributed by atoms with Crippen LogP contribution in [0.4, 0.5) is 22.0 Å². The van der Waals surface area contributed by atoms with Crippen molar-refractivity contribution >= 4 is 23.0 Å². The van der Waals surface area contributed by atoms with Crippen molar-refractivity contribution in [3.63, 3.8) is 0 Å². The number of hydrogen-bond donors (Lipinski definition) is 2. The molecule has 1 amide bonds. The van der Waals surface area contributed by atoms with E-state index in [2.05, 4.69) is 5.32 Å². The Morgan fingerprint density at radius 2 is 1.58 bits per heavy atom. The highest BCUT2D eigenvalue weighted by molar-refractivity contribution is 6.06. The van der Waals surface area contributed by atoms with Gasteiger partial charge in [0.1, 0.15) is 17.2 Å². The van der Waals surface area contributed by atoms with Crippen LogP contribution in [0.2, 0.25) is 0 Å². The van der Waals surface area contributed by atoms with Crippen molar-refractivity contribution in [2.75, 3.05) is 0 Å². The molecule has 0 aliphatic carbocycles. The first-order chi connectivity index (χ1) is 20.3. The summed E-state index contributed by atoms with van der Waals surface area (Å²) in [6, 6.07) is 14.7. The number of carbonyl (C=O) groups excluding carboxylic acids is 1. The lowest BCUT2D eigenvalue weighted by Crippen LogP contribution is -2.28. The van der Waals surface area contributed by atoms with Crippen molar-refractivity contribution < 1.29 is 41.1 Å². The Balaban J connectivity index is 1.61. The van der Waals surface area contributed by atoms with Gasteiger partial charge in [0.25, 0.3) is 5.91 Å². The number of nitrogens with zero attached hydrogens (tertiary/aromatic N) is 1. The van der Waals surface area contributed by atoms with Crippen molar-refractivity contribution in [1.82, 2.24) is 9.88 Å². The summed E-state index contributed by atoms with van der Waals surface area (Å²) in [5.41, 5.74) is -0.395. The molecular formula is C31H21F5N2O5. The maximum atomic E-state index is 14.0. The second-order valence-corrected chi connectivity index (χ2v) is 9.80. The van der Waals surface area contributed by atoms with Crippen LogP contribution < -0.4 is 11.1 Å². The van der Waals surface area contributed by atoms with E-state index in [4.69, 9.17) is 9.52 Å². The number of nitrogens with one attached hydrogen (secondary N) is 1. The fourth-order valence-corrected chi connectivity index (χ4v) is 4.71. The topological polar surface area (TPSA) is 102 Å². The Kier molecular flexibility index (Phi) is 7.61. The highest BCUT2D eigenvalue weighted by atomic mass is 19.4. The molecule has 0 spiro atoms. The van der Waals surface area contributed by atoms with E-state index < -0.39 is 47.0 Å². The maximum absolute atomic E-state index is 14.0. The third kappa shape index (κ3) is 6.17. The summed E-state index contributed by atoms with van der Waals surface area (Å²) in [6.07, 6.45) is -4.63. The molecule has 1 aromatic heterocycles. The molecule has 1 atom stereocenters. The average Bonchev–Trinajstić information content (AvgIpc) is 3.26. The number of carboxylic acid groups (broad SMARTS) is 1. The van der Waals surface area contributed by atoms with E-state index in [0.29, 0.717) is 11.6 Å². The average molecular weight is 597 g/mol. The number of aromatic nitrogens is 1. The number of halogens is 5. The minimum Gasteiger partial charge on any atom is -0.478 e. The van der Waals surface area contributed by atoms with Crippen molar-refractivity contribution in [2.24, 2.45) is 0 Å². The van der Waals surface area contributed by atoms with Gasteiger partial charge < -0.3 is 14.8 Å². The van der Waals surface area contributed by atoms with Gasteiger partial charge >= 0.3 is 17.9 Å². The van der Waals surface area contributed by atoms with Crippen molar-refractivity contribution in [2.45, 2.75) is 25.7 Å². The number of hydrogen-bond acceptors (Lipinski definition) is 4. The minimum absolute atomic E-state index is 0.0380. The van der Waals surface area contributed by atoms with E-state index in [1.165, 1.54) is 48.5 Å². The van der Waals surface area contributed by atoms with E-state index in [-0.39, 0.29) is 45.5 Å². The second kappa shape index (κ2) is 11.2. The van der Waals surface area contributed by atoms with Crippen LogP contribution in [-0.4, -0.2) is 21.6 Å². The van der Waals surface area contributed by atoms with E-state index in [9.17, 15) is 36.3 Å². The zero-order valence-corrected chi connectivity index (χ0v) is 22.2. The number of carbonyl (C=O) groups is 2. The normalized spacial score (nSPS) is 12.3. The van der Waals surface area contributed by atoms with E-state index in [0.717, 1.165) is 28.8 Å². The smallest absolute Gasteiger partial charge is 0.420 e. The maximum Gasteiger partial charge on any atom is 0.420 e. The summed E-state index contributed by atoms with van der Waals surface area (Å²) >= 11 is 0. The highest BCUT2D eigenvalue weighted by Crippen LogP contribution is 2.32. The molecular weight excluding hydrogens is 575 g/mol. The van der Waals surface area contributed by atoms with Gasteiger partial charge in [-0.3, -0.25) is 9.36 Å². The van der Waals surface area contributed by atoms with Crippen LogP contribution in [0.5, 0.6) is 0 Å². The van der Waals surface area contributed by atoms with Crippen LogP contribution in [0.15, 0.2) is 88.1 Å². The van der Waals surface area contributed by atoms with Crippen LogP contribution >= 0.6 is 0 Å². The molecule has 220 valence electrons. The van der Waals surface area contributed by atoms with Crippen LogP contribution in [0, 0.1) is 11.6 Å². The molecule has 0 unspecified atom stereocenters. The first kappa shape index (κ1) is 29.2. The summed E-state index contributed by atoms with van der Waals surface area (Å²) < 4.78 is 74.4. The van der Waals surface area contributed by atoms with Crippen molar-refractivity contribution in [3.8, 4) is 11.1 Å². The number of rotatable bonds is 7. The fourth-order valence-electron chi connectivity index (χ4n) is 4.71. The highest BCUT2D eigenvalue weighted by Gasteiger charge is 2.30. The Morgan fingerprint density at radius 3 is 2.21 bits per heavy atom. The zero-order valence-electron chi connectivity index (χ0n) is 22.2. The largest absolute Gasteiger partial charge is 0.478 e. The lowest BCUT2D eigenvalue weighted by molar-refractivity contribution is -0.137. The first-order valence-electron chi connectivity index (χ1n) is 12.7. The van der Waals surface area contributed by atoms with Crippen LogP contribution in [0.1, 0.15) is 50.4 Å². The van der Waals surface area contributed by atoms with Crippen molar-refractivity contribution in [3.05, 3.63) is 129 Å². The number of oxazole rings is 1. The van der Waals surface area contributed by atoms with E-state index >= 15 is 0 Å². The van der Waals surface area contributed by atoms with Gasteiger partial charge in [-0.15, -0.1) is 0 Å². The number of carboxylic acids is 1. The molecule has 4 aromatic carbocycles. The molecule has 0 radical (unpaired) electrons. The molecule has 5 aromatic rings. The molecule has 0 saturated heterocycles. The van der Waals surface area contributed by atoms with Gasteiger partial charge in [-0.2, -0.15) is 13.2 Å². The second-order valence-electron chi connectivity index (χ2n) is 9.80. The van der Waals surface area contributed by atoms with Crippen LogP contribution in [-0.2, 0) is 12.7 Å². The van der Waals surface area contributed by atoms with Gasteiger partial charge in [-0.25, -0.2) is 18.4 Å². The molecule has 0 bridgehead atoms. The lowest BCUT2D eigenvalue weighted by Gasteiger charge is -2.16. The molecule has 2 N–H and O–H groups in total. The molecule has 0 fully saturated rings. The van der Waals surface area contributed by atoms with Gasteiger partial charge in [0.05, 0.1) is 29.3 Å². The number of amides is 1. The van der Waals surface area contributed by atoms with Gasteiger partial charge in [0.15, 0.2) is 5.58 Å². The standard InChI is InChI=1S/C31H21F5N2O5/c1-16(18-5-7-19(8-6-18)29(40)41)37-28(39)25-12-21(20-10-23(32)14-24(33)11-20)13-26-27(25)38(30(42)43-26)15-17-3-2-4-22(9-17)31(34,35)36/h2-14,16H,15H2,1H3,(H,37,39)(H,40,41)/t16-/m0/s1. The monoisotopic (exact) mass is 596 g/mol. The van der Waals surface area contributed by atoms with Gasteiger partial charge in [0, 0.05) is 6.07 Å². The predicted octanol–water partition coefficient (Wildman–Crippen LogP) is 6.80. The van der Waals surface area contributed by atoms with Gasteiger partial charge in [-0.05, 0) is 77.7 Å². The third-order valence-electron chi connectivity index (χ3n) is 6.80. The number of fused-ring (bicyclic) bond motifs is 1. The van der Waals surface area contributed by atoms with E-state index in [1.807, 2.05) is 0 Å². The molecule has 5 rings (SSSR count). The minimum atomic E-state index is -4.63. The molecule has 1 heterocycles. The first-order valence-corrected chi connectivity index (χ1v) is 12.7. The molecule has 0 aliphatic heterocycles. The van der Waals surface area contributed by atoms with Crippen LogP contribution in [0.25, 0.3) is 22.2 Å². The lowest BCUT2D eigenvalue weighted by atomic mass is 10.00. The van der Waals surface area contributed by atoms with Crippen molar-refractivity contribution in [1.29, 1.82) is 0 Å². The Morgan fingerprint density at radius 1 is 0.930 bits per heavy atom. The summed E-state index contributed by atoms with van der Waals surface area (Å²) in [7, 11) is 0. The number of benzene rings is 4. The van der Waals surface area contributed by atoms with Gasteiger partial charge in [-0.1, -0.05) is 24.3 Å². The Bertz CT molecular complexity index is 1910. The SMILES string of the molecule is C[C@H](NC(=O)c1cc(-c2cc(F)cc(F)c2)cc2oc(=O)n(Cc3cccc(C(F)(F)F)c3)c12)c1ccc(C(=O)O)cc1. The predicted molar refractivity (Wildman–Crippen MR) is 146 cm³/mol. The van der Waals surface area contributed by atoms with Crippen LogP contribution in [0.3, 0.4) is 0 Å². The molecule has 0 aliphatic rings. The quantitative estimate of drug-likeness (QED) is 0.201.